The molecule has 0 bridgehead atoms. The summed E-state index contributed by atoms with van der Waals surface area (Å²) in [6.45, 7) is 4.44. The van der Waals surface area contributed by atoms with Crippen molar-refractivity contribution in [2.24, 2.45) is 11.8 Å². The third kappa shape index (κ3) is 4.90. The molecular formula is C21H28N2O3S. The number of thiophene rings is 1. The number of fused-ring (bicyclic) bond motifs is 1. The van der Waals surface area contributed by atoms with Gasteiger partial charge >= 0.3 is 5.97 Å². The first-order chi connectivity index (χ1) is 13.0. The van der Waals surface area contributed by atoms with Gasteiger partial charge in [0.05, 0.1) is 12.0 Å². The van der Waals surface area contributed by atoms with Gasteiger partial charge in [-0.15, -0.1) is 11.3 Å². The summed E-state index contributed by atoms with van der Waals surface area (Å²) < 4.78 is 5.55. The van der Waals surface area contributed by atoms with Gasteiger partial charge in [0.1, 0.15) is 17.2 Å². The first-order valence-electron chi connectivity index (χ1n) is 10.0. The van der Waals surface area contributed by atoms with Crippen LogP contribution in [0.15, 0.2) is 0 Å². The van der Waals surface area contributed by atoms with Gasteiger partial charge in [-0.3, -0.25) is 9.59 Å². The number of nitrogens with zero attached hydrogens (tertiary/aromatic N) is 1. The largest absolute Gasteiger partial charge is 0.462 e. The van der Waals surface area contributed by atoms with E-state index in [1.165, 1.54) is 16.2 Å². The minimum absolute atomic E-state index is 0.0130. The molecular weight excluding hydrogens is 360 g/mol. The predicted molar refractivity (Wildman–Crippen MR) is 106 cm³/mol. The Morgan fingerprint density at radius 3 is 2.70 bits per heavy atom. The predicted octanol–water partition coefficient (Wildman–Crippen LogP) is 4.59. The summed E-state index contributed by atoms with van der Waals surface area (Å²) in [5, 5.41) is 12.9. The Kier molecular flexibility index (Phi) is 6.54. The Bertz CT molecular complexity index is 749. The Balaban J connectivity index is 1.48. The fraction of sp³-hybridized carbons (Fsp3) is 0.667. The van der Waals surface area contributed by atoms with Gasteiger partial charge in [-0.1, -0.05) is 13.8 Å². The molecule has 0 aromatic carbocycles. The summed E-state index contributed by atoms with van der Waals surface area (Å²) in [4.78, 5) is 25.6. The maximum Gasteiger partial charge on any atom is 0.306 e. The normalized spacial score (nSPS) is 24.6. The minimum atomic E-state index is -0.303. The van der Waals surface area contributed by atoms with Crippen LogP contribution in [-0.2, 0) is 27.2 Å². The summed E-state index contributed by atoms with van der Waals surface area (Å²) in [6, 6.07) is 2.24. The first kappa shape index (κ1) is 19.9. The van der Waals surface area contributed by atoms with Crippen LogP contribution < -0.4 is 5.32 Å². The number of hydrogen-bond acceptors (Lipinski definition) is 5. The van der Waals surface area contributed by atoms with E-state index in [2.05, 4.69) is 25.2 Å². The lowest BCUT2D eigenvalue weighted by Crippen LogP contribution is -2.29. The van der Waals surface area contributed by atoms with E-state index in [4.69, 9.17) is 4.74 Å². The molecule has 1 heterocycles. The molecule has 0 spiro atoms. The number of aryl methyl sites for hydroxylation is 1. The smallest absolute Gasteiger partial charge is 0.306 e. The van der Waals surface area contributed by atoms with Crippen molar-refractivity contribution >= 4 is 28.2 Å². The third-order valence-corrected chi connectivity index (χ3v) is 7.15. The van der Waals surface area contributed by atoms with Crippen molar-refractivity contribution in [3.8, 4) is 6.07 Å². The van der Waals surface area contributed by atoms with Crippen LogP contribution in [0.25, 0.3) is 0 Å². The molecule has 0 saturated heterocycles. The topological polar surface area (TPSA) is 79.2 Å². The highest BCUT2D eigenvalue weighted by molar-refractivity contribution is 7.16. The van der Waals surface area contributed by atoms with Crippen molar-refractivity contribution in [2.75, 3.05) is 5.32 Å². The number of carbonyl (C=O) groups excluding carboxylic acids is 2. The van der Waals surface area contributed by atoms with Gasteiger partial charge in [-0.05, 0) is 62.3 Å². The molecule has 0 aliphatic heterocycles. The number of esters is 1. The zero-order chi connectivity index (χ0) is 19.4. The van der Waals surface area contributed by atoms with Gasteiger partial charge < -0.3 is 10.1 Å². The van der Waals surface area contributed by atoms with Gasteiger partial charge in [0, 0.05) is 11.3 Å². The first-order valence-corrected chi connectivity index (χ1v) is 10.8. The lowest BCUT2D eigenvalue weighted by molar-refractivity contribution is -0.152. The van der Waals surface area contributed by atoms with Crippen molar-refractivity contribution in [1.82, 2.24) is 0 Å². The number of anilines is 1. The number of ether oxygens (including phenoxy) is 1. The number of carbonyl (C=O) groups is 2. The Morgan fingerprint density at radius 1 is 1.19 bits per heavy atom. The fourth-order valence-electron chi connectivity index (χ4n) is 4.03. The average Bonchev–Trinajstić information content (AvgIpc) is 3.00. The quantitative estimate of drug-likeness (QED) is 0.749. The van der Waals surface area contributed by atoms with E-state index in [9.17, 15) is 14.9 Å². The van der Waals surface area contributed by atoms with E-state index >= 15 is 0 Å². The Labute approximate surface area is 165 Å². The van der Waals surface area contributed by atoms with Crippen LogP contribution in [0.5, 0.6) is 0 Å². The van der Waals surface area contributed by atoms with Gasteiger partial charge in [0.25, 0.3) is 0 Å². The molecule has 1 aromatic rings. The van der Waals surface area contributed by atoms with Crippen LogP contribution in [0.4, 0.5) is 5.00 Å². The highest BCUT2D eigenvalue weighted by Gasteiger charge is 2.27. The molecule has 6 heteroatoms. The van der Waals surface area contributed by atoms with Crippen molar-refractivity contribution in [1.29, 1.82) is 5.26 Å². The van der Waals surface area contributed by atoms with E-state index in [1.807, 2.05) is 0 Å². The van der Waals surface area contributed by atoms with Gasteiger partial charge in [-0.25, -0.2) is 0 Å². The van der Waals surface area contributed by atoms with Crippen molar-refractivity contribution in [2.45, 2.75) is 77.7 Å². The summed E-state index contributed by atoms with van der Waals surface area (Å²) in [6.07, 6.45) is 7.18. The molecule has 2 aliphatic carbocycles. The molecule has 0 radical (unpaired) electrons. The molecule has 1 N–H and O–H groups in total. The van der Waals surface area contributed by atoms with Crippen LogP contribution in [0.2, 0.25) is 0 Å². The van der Waals surface area contributed by atoms with Gasteiger partial charge in [0.2, 0.25) is 5.91 Å². The van der Waals surface area contributed by atoms with Crippen molar-refractivity contribution < 1.29 is 14.3 Å². The number of nitrogens with one attached hydrogen (secondary N) is 1. The molecule has 5 nitrogen and oxygen atoms in total. The number of amides is 1. The van der Waals surface area contributed by atoms with Gasteiger partial charge in [0.15, 0.2) is 0 Å². The lowest BCUT2D eigenvalue weighted by atomic mass is 9.80. The minimum Gasteiger partial charge on any atom is -0.462 e. The Hall–Kier alpha value is -1.87. The molecule has 1 amide bonds. The van der Waals surface area contributed by atoms with Crippen LogP contribution in [0, 0.1) is 23.2 Å². The third-order valence-electron chi connectivity index (χ3n) is 5.94. The molecule has 1 aromatic heterocycles. The number of hydrogen-bond donors (Lipinski definition) is 1. The molecule has 3 rings (SSSR count). The Morgan fingerprint density at radius 2 is 1.96 bits per heavy atom. The van der Waals surface area contributed by atoms with E-state index in [-0.39, 0.29) is 30.8 Å². The molecule has 27 heavy (non-hydrogen) atoms. The maximum absolute atomic E-state index is 12.3. The highest BCUT2D eigenvalue weighted by atomic mass is 32.1. The van der Waals surface area contributed by atoms with Crippen molar-refractivity contribution in [3.63, 3.8) is 0 Å². The molecule has 146 valence electrons. The van der Waals surface area contributed by atoms with Crippen molar-refractivity contribution in [3.05, 3.63) is 16.0 Å². The second kappa shape index (κ2) is 8.88. The molecule has 1 fully saturated rings. The lowest BCUT2D eigenvalue weighted by Gasteiger charge is -2.31. The molecule has 2 aliphatic rings. The SMILES string of the molecule is C[C@@H]1CC[C@@H](OC(=O)CCC(=O)Nc2sc3c(c2C#N)CCCC3)C[C@H]1C. The van der Waals surface area contributed by atoms with Crippen LogP contribution in [-0.4, -0.2) is 18.0 Å². The van der Waals surface area contributed by atoms with E-state index in [0.29, 0.717) is 22.4 Å². The molecule has 0 unspecified atom stereocenters. The average molecular weight is 389 g/mol. The van der Waals surface area contributed by atoms with E-state index < -0.39 is 0 Å². The fourth-order valence-corrected chi connectivity index (χ4v) is 5.28. The number of nitriles is 1. The van der Waals surface area contributed by atoms with Gasteiger partial charge in [-0.2, -0.15) is 5.26 Å². The zero-order valence-electron chi connectivity index (χ0n) is 16.2. The molecule has 1 saturated carbocycles. The zero-order valence-corrected chi connectivity index (χ0v) is 17.0. The molecule has 3 atom stereocenters. The highest BCUT2D eigenvalue weighted by Crippen LogP contribution is 2.37. The second-order valence-corrected chi connectivity index (χ2v) is 9.06. The summed E-state index contributed by atoms with van der Waals surface area (Å²) in [5.41, 5.74) is 1.71. The summed E-state index contributed by atoms with van der Waals surface area (Å²) in [5.74, 6) is 0.710. The summed E-state index contributed by atoms with van der Waals surface area (Å²) in [7, 11) is 0. The van der Waals surface area contributed by atoms with Crippen LogP contribution >= 0.6 is 11.3 Å². The van der Waals surface area contributed by atoms with Crippen LogP contribution in [0.3, 0.4) is 0 Å². The van der Waals surface area contributed by atoms with Crippen LogP contribution in [0.1, 0.15) is 74.8 Å². The van der Waals surface area contributed by atoms with E-state index in [0.717, 1.165) is 50.5 Å². The second-order valence-electron chi connectivity index (χ2n) is 7.95. The monoisotopic (exact) mass is 388 g/mol. The summed E-state index contributed by atoms with van der Waals surface area (Å²) >= 11 is 1.51. The number of rotatable bonds is 5. The van der Waals surface area contributed by atoms with E-state index in [1.54, 1.807) is 0 Å². The maximum atomic E-state index is 12.3. The standard InChI is InChI=1S/C21H28N2O3S/c1-13-7-8-15(11-14(13)2)26-20(25)10-9-19(24)23-21-17(12-22)16-5-3-4-6-18(16)27-21/h13-15H,3-11H2,1-2H3,(H,23,24)/t13-,14-,15-/m1/s1.